The molecule has 0 radical (unpaired) electrons. The smallest absolute Gasteiger partial charge is 0.324 e. The predicted octanol–water partition coefficient (Wildman–Crippen LogP) is 4.61. The van der Waals surface area contributed by atoms with Crippen LogP contribution in [-0.4, -0.2) is 6.18 Å². The number of hydrogen-bond donors (Lipinski definition) is 1. The molecule has 1 nitrogen and oxygen atoms in total. The van der Waals surface area contributed by atoms with Gasteiger partial charge in [-0.1, -0.05) is 6.07 Å². The second-order valence-electron chi connectivity index (χ2n) is 3.99. The molecule has 0 unspecified atom stereocenters. The van der Waals surface area contributed by atoms with Crippen LogP contribution in [-0.2, 0) is 6.18 Å². The Kier molecular flexibility index (Phi) is 6.28. The number of benzene rings is 1. The van der Waals surface area contributed by atoms with Crippen molar-refractivity contribution in [1.82, 2.24) is 0 Å². The molecule has 0 aromatic heterocycles. The lowest BCUT2D eigenvalue weighted by atomic mass is 10.0. The van der Waals surface area contributed by atoms with Gasteiger partial charge in [0.1, 0.15) is 5.82 Å². The summed E-state index contributed by atoms with van der Waals surface area (Å²) in [5, 5.41) is 0. The lowest BCUT2D eigenvalue weighted by Gasteiger charge is -2.15. The summed E-state index contributed by atoms with van der Waals surface area (Å²) in [7, 11) is 0. The van der Waals surface area contributed by atoms with Gasteiger partial charge in [0.05, 0.1) is 5.56 Å². The number of hydrogen-bond acceptors (Lipinski definition) is 1. The van der Waals surface area contributed by atoms with Crippen molar-refractivity contribution in [2.75, 3.05) is 0 Å². The van der Waals surface area contributed by atoms with Crippen molar-refractivity contribution in [3.63, 3.8) is 0 Å². The highest BCUT2D eigenvalue weighted by atomic mass is 35.5. The molecule has 2 N–H and O–H groups in total. The highest BCUT2D eigenvalue weighted by molar-refractivity contribution is 5.85. The minimum Gasteiger partial charge on any atom is -0.324 e. The zero-order valence-electron chi connectivity index (χ0n) is 9.85. The van der Waals surface area contributed by atoms with Gasteiger partial charge in [-0.2, -0.15) is 26.3 Å². The molecule has 0 heterocycles. The molecule has 1 aromatic rings. The van der Waals surface area contributed by atoms with Gasteiger partial charge in [-0.25, -0.2) is 4.39 Å². The molecule has 0 aliphatic heterocycles. The topological polar surface area (TPSA) is 26.0 Å². The Bertz CT molecular complexity index is 441. The average molecular weight is 326 g/mol. The molecule has 0 saturated carbocycles. The van der Waals surface area contributed by atoms with Gasteiger partial charge in [0.25, 0.3) is 0 Å². The van der Waals surface area contributed by atoms with E-state index in [-0.39, 0.29) is 24.0 Å². The second-order valence-corrected chi connectivity index (χ2v) is 3.99. The van der Waals surface area contributed by atoms with E-state index in [0.717, 1.165) is 6.07 Å². The van der Waals surface area contributed by atoms with Crippen LogP contribution in [0.2, 0.25) is 0 Å². The van der Waals surface area contributed by atoms with E-state index in [9.17, 15) is 30.7 Å². The van der Waals surface area contributed by atoms with Gasteiger partial charge in [-0.15, -0.1) is 12.4 Å². The Morgan fingerprint density at radius 3 is 2.00 bits per heavy atom. The van der Waals surface area contributed by atoms with Crippen molar-refractivity contribution in [1.29, 1.82) is 0 Å². The SMILES string of the molecule is Cl.N[C@H](CCC(F)(F)F)c1ccc(C(F)(F)F)cc1F. The van der Waals surface area contributed by atoms with Crippen LogP contribution in [0.3, 0.4) is 0 Å². The summed E-state index contributed by atoms with van der Waals surface area (Å²) in [6, 6.07) is 0.275. The van der Waals surface area contributed by atoms with E-state index in [1.54, 1.807) is 0 Å². The molecule has 20 heavy (non-hydrogen) atoms. The van der Waals surface area contributed by atoms with Crippen LogP contribution in [0.25, 0.3) is 0 Å². The summed E-state index contributed by atoms with van der Waals surface area (Å²) < 4.78 is 86.0. The molecule has 0 aliphatic rings. The van der Waals surface area contributed by atoms with Crippen molar-refractivity contribution >= 4 is 12.4 Å². The third-order valence-electron chi connectivity index (χ3n) is 2.47. The average Bonchev–Trinajstić information content (AvgIpc) is 2.23. The van der Waals surface area contributed by atoms with Gasteiger partial charge in [-0.05, 0) is 18.6 Å². The summed E-state index contributed by atoms with van der Waals surface area (Å²) in [4.78, 5) is 0. The molecule has 9 heteroatoms. The summed E-state index contributed by atoms with van der Waals surface area (Å²) in [5.74, 6) is -1.26. The maximum atomic E-state index is 13.4. The van der Waals surface area contributed by atoms with E-state index in [0.29, 0.717) is 6.07 Å². The van der Waals surface area contributed by atoms with Gasteiger partial charge in [-0.3, -0.25) is 0 Å². The summed E-state index contributed by atoms with van der Waals surface area (Å²) >= 11 is 0. The molecule has 0 spiro atoms. The largest absolute Gasteiger partial charge is 0.416 e. The molecule has 0 amide bonds. The van der Waals surface area contributed by atoms with Crippen molar-refractivity contribution < 1.29 is 30.7 Å². The number of nitrogens with two attached hydrogens (primary N) is 1. The first kappa shape index (κ1) is 19.0. The van der Waals surface area contributed by atoms with Gasteiger partial charge in [0.15, 0.2) is 0 Å². The lowest BCUT2D eigenvalue weighted by Crippen LogP contribution is -2.17. The van der Waals surface area contributed by atoms with E-state index in [2.05, 4.69) is 0 Å². The Morgan fingerprint density at radius 1 is 1.05 bits per heavy atom. The quantitative estimate of drug-likeness (QED) is 0.807. The minimum atomic E-state index is -4.71. The van der Waals surface area contributed by atoms with Crippen molar-refractivity contribution in [3.8, 4) is 0 Å². The Balaban J connectivity index is 0.00000361. The first-order chi connectivity index (χ1) is 8.50. The maximum absolute atomic E-state index is 13.4. The van der Waals surface area contributed by atoms with E-state index in [1.165, 1.54) is 0 Å². The molecule has 0 aliphatic carbocycles. The monoisotopic (exact) mass is 325 g/mol. The molecular formula is C11H11ClF7N. The Hall–Kier alpha value is -1.02. The molecule has 1 atom stereocenters. The maximum Gasteiger partial charge on any atom is 0.416 e. The molecule has 1 rings (SSSR count). The van der Waals surface area contributed by atoms with E-state index < -0.39 is 42.6 Å². The normalized spacial score (nSPS) is 13.8. The standard InChI is InChI=1S/C11H10F7N.ClH/c12-8-5-6(11(16,17)18)1-2-7(8)9(19)3-4-10(13,14)15;/h1-2,5,9H,3-4,19H2;1H/t9-;/m1./s1. The van der Waals surface area contributed by atoms with Crippen LogP contribution < -0.4 is 5.73 Å². The highest BCUT2D eigenvalue weighted by Crippen LogP contribution is 2.32. The number of rotatable bonds is 3. The highest BCUT2D eigenvalue weighted by Gasteiger charge is 2.32. The summed E-state index contributed by atoms with van der Waals surface area (Å²) in [5.41, 5.74) is 3.77. The first-order valence-electron chi connectivity index (χ1n) is 5.19. The fourth-order valence-electron chi connectivity index (χ4n) is 1.48. The minimum absolute atomic E-state index is 0. The van der Waals surface area contributed by atoms with Gasteiger partial charge >= 0.3 is 12.4 Å². The molecule has 116 valence electrons. The number of alkyl halides is 6. The van der Waals surface area contributed by atoms with Crippen molar-refractivity contribution in [2.45, 2.75) is 31.2 Å². The number of halogens is 8. The van der Waals surface area contributed by atoms with Gasteiger partial charge in [0.2, 0.25) is 0 Å². The van der Waals surface area contributed by atoms with Gasteiger partial charge < -0.3 is 5.73 Å². The third-order valence-corrected chi connectivity index (χ3v) is 2.47. The van der Waals surface area contributed by atoms with Crippen LogP contribution in [0.1, 0.15) is 30.0 Å². The van der Waals surface area contributed by atoms with Crippen LogP contribution in [0, 0.1) is 5.82 Å². The zero-order chi connectivity index (χ0) is 14.8. The second kappa shape index (κ2) is 6.62. The molecule has 1 aromatic carbocycles. The fraction of sp³-hybridized carbons (Fsp3) is 0.455. The Morgan fingerprint density at radius 2 is 1.60 bits per heavy atom. The van der Waals surface area contributed by atoms with E-state index in [1.807, 2.05) is 0 Å². The van der Waals surface area contributed by atoms with Gasteiger partial charge in [0, 0.05) is 18.0 Å². The third kappa shape index (κ3) is 5.54. The van der Waals surface area contributed by atoms with Crippen molar-refractivity contribution in [3.05, 3.63) is 35.1 Å². The van der Waals surface area contributed by atoms with E-state index >= 15 is 0 Å². The molecular weight excluding hydrogens is 315 g/mol. The Labute approximate surface area is 116 Å². The van der Waals surface area contributed by atoms with Crippen LogP contribution in [0.15, 0.2) is 18.2 Å². The van der Waals surface area contributed by atoms with Crippen LogP contribution in [0.4, 0.5) is 30.7 Å². The summed E-state index contributed by atoms with van der Waals surface area (Å²) in [6.07, 6.45) is -11.0. The molecule has 0 saturated heterocycles. The fourth-order valence-corrected chi connectivity index (χ4v) is 1.48. The molecule has 0 bridgehead atoms. The predicted molar refractivity (Wildman–Crippen MR) is 60.9 cm³/mol. The lowest BCUT2D eigenvalue weighted by molar-refractivity contribution is -0.137. The van der Waals surface area contributed by atoms with Crippen LogP contribution in [0.5, 0.6) is 0 Å². The zero-order valence-corrected chi connectivity index (χ0v) is 10.7. The first-order valence-corrected chi connectivity index (χ1v) is 5.19. The summed E-state index contributed by atoms with van der Waals surface area (Å²) in [6.45, 7) is 0. The van der Waals surface area contributed by atoms with Crippen molar-refractivity contribution in [2.24, 2.45) is 5.73 Å². The molecule has 0 fully saturated rings. The van der Waals surface area contributed by atoms with Crippen LogP contribution >= 0.6 is 12.4 Å². The van der Waals surface area contributed by atoms with E-state index in [4.69, 9.17) is 5.73 Å².